The molecule has 26 heavy (non-hydrogen) atoms. The average molecular weight is 371 g/mol. The molecule has 0 aliphatic carbocycles. The van der Waals surface area contributed by atoms with E-state index in [1.165, 1.54) is 0 Å². The molecule has 5 nitrogen and oxygen atoms in total. The number of halogens is 1. The lowest BCUT2D eigenvalue weighted by Gasteiger charge is -2.11. The monoisotopic (exact) mass is 370 g/mol. The van der Waals surface area contributed by atoms with E-state index < -0.39 is 5.97 Å². The van der Waals surface area contributed by atoms with Crippen molar-refractivity contribution in [2.24, 2.45) is 4.99 Å². The van der Waals surface area contributed by atoms with Crippen molar-refractivity contribution < 1.29 is 14.4 Å². The summed E-state index contributed by atoms with van der Waals surface area (Å²) >= 11 is 5.87. The molecule has 1 heterocycles. The van der Waals surface area contributed by atoms with E-state index in [0.717, 1.165) is 32.2 Å². The summed E-state index contributed by atoms with van der Waals surface area (Å²) < 4.78 is 0. The van der Waals surface area contributed by atoms with Gasteiger partial charge in [-0.2, -0.15) is 0 Å². The molecule has 0 fully saturated rings. The van der Waals surface area contributed by atoms with Crippen molar-refractivity contribution in [1.29, 1.82) is 0 Å². The van der Waals surface area contributed by atoms with Crippen LogP contribution in [0.2, 0.25) is 5.02 Å². The van der Waals surface area contributed by atoms with Crippen LogP contribution in [0, 0.1) is 0 Å². The summed E-state index contributed by atoms with van der Waals surface area (Å²) in [5, 5.41) is 0.544. The van der Waals surface area contributed by atoms with Gasteiger partial charge < -0.3 is 4.84 Å². The topological polar surface area (TPSA) is 67.8 Å². The smallest absolute Gasteiger partial charge is 0.337 e. The van der Waals surface area contributed by atoms with Crippen molar-refractivity contribution in [3.63, 3.8) is 0 Å². The maximum absolute atomic E-state index is 12.7. The Morgan fingerprint density at radius 2 is 1.69 bits per heavy atom. The van der Waals surface area contributed by atoms with Crippen LogP contribution in [0.15, 0.2) is 53.5 Å². The first-order valence-corrected chi connectivity index (χ1v) is 8.93. The zero-order chi connectivity index (χ0) is 18.4. The Morgan fingerprint density at radius 1 is 0.962 bits per heavy atom. The summed E-state index contributed by atoms with van der Waals surface area (Å²) in [4.78, 5) is 34.7. The summed E-state index contributed by atoms with van der Waals surface area (Å²) in [6.45, 7) is 0.728. The van der Waals surface area contributed by atoms with Gasteiger partial charge in [0.25, 0.3) is 0 Å². The molecule has 6 heteroatoms. The zero-order valence-corrected chi connectivity index (χ0v) is 15.0. The fourth-order valence-electron chi connectivity index (χ4n) is 2.73. The van der Waals surface area contributed by atoms with Crippen molar-refractivity contribution in [1.82, 2.24) is 5.48 Å². The van der Waals surface area contributed by atoms with Gasteiger partial charge in [0, 0.05) is 29.1 Å². The van der Waals surface area contributed by atoms with Gasteiger partial charge in [0.05, 0.1) is 5.56 Å². The molecule has 0 spiro atoms. The summed E-state index contributed by atoms with van der Waals surface area (Å²) in [5.74, 6) is -0.215. The SMILES string of the molecule is O=C(ONC1=NCCCCC1)c1ccccc1C(=O)c1ccc(Cl)cc1. The van der Waals surface area contributed by atoms with E-state index in [4.69, 9.17) is 16.4 Å². The van der Waals surface area contributed by atoms with E-state index in [-0.39, 0.29) is 16.9 Å². The minimum Gasteiger partial charge on any atom is -0.337 e. The molecule has 1 aliphatic heterocycles. The molecule has 3 rings (SSSR count). The molecular weight excluding hydrogens is 352 g/mol. The third kappa shape index (κ3) is 4.49. The predicted octanol–water partition coefficient (Wildman–Crippen LogP) is 4.20. The van der Waals surface area contributed by atoms with Gasteiger partial charge in [-0.3, -0.25) is 9.79 Å². The maximum Gasteiger partial charge on any atom is 0.363 e. The Kier molecular flexibility index (Phi) is 6.02. The molecule has 0 aromatic heterocycles. The second-order valence-electron chi connectivity index (χ2n) is 6.01. The average Bonchev–Trinajstić information content (AvgIpc) is 2.95. The summed E-state index contributed by atoms with van der Waals surface area (Å²) in [7, 11) is 0. The van der Waals surface area contributed by atoms with Gasteiger partial charge >= 0.3 is 5.97 Å². The lowest BCUT2D eigenvalue weighted by Crippen LogP contribution is -2.28. The first-order chi connectivity index (χ1) is 12.6. The van der Waals surface area contributed by atoms with Crippen molar-refractivity contribution >= 4 is 29.2 Å². The lowest BCUT2D eigenvalue weighted by atomic mass is 9.98. The Hall–Kier alpha value is -2.66. The van der Waals surface area contributed by atoms with Crippen LogP contribution in [-0.2, 0) is 4.84 Å². The Labute approximate surface area is 157 Å². The van der Waals surface area contributed by atoms with Crippen LogP contribution >= 0.6 is 11.6 Å². The predicted molar refractivity (Wildman–Crippen MR) is 101 cm³/mol. The zero-order valence-electron chi connectivity index (χ0n) is 14.2. The van der Waals surface area contributed by atoms with Gasteiger partial charge in [-0.25, -0.2) is 10.3 Å². The van der Waals surface area contributed by atoms with Crippen LogP contribution in [0.4, 0.5) is 0 Å². The number of amidine groups is 1. The third-order valence-corrected chi connectivity index (χ3v) is 4.39. The van der Waals surface area contributed by atoms with Gasteiger partial charge in [0.2, 0.25) is 0 Å². The van der Waals surface area contributed by atoms with Crippen LogP contribution in [0.25, 0.3) is 0 Å². The highest BCUT2D eigenvalue weighted by atomic mass is 35.5. The Balaban J connectivity index is 1.75. The molecule has 0 saturated heterocycles. The fourth-order valence-corrected chi connectivity index (χ4v) is 2.86. The lowest BCUT2D eigenvalue weighted by molar-refractivity contribution is 0.0380. The minimum absolute atomic E-state index is 0.203. The summed E-state index contributed by atoms with van der Waals surface area (Å²) in [5.41, 5.74) is 3.58. The van der Waals surface area contributed by atoms with Gasteiger partial charge in [-0.05, 0) is 43.2 Å². The van der Waals surface area contributed by atoms with Crippen molar-refractivity contribution in [2.75, 3.05) is 6.54 Å². The maximum atomic E-state index is 12.7. The Morgan fingerprint density at radius 3 is 2.46 bits per heavy atom. The van der Waals surface area contributed by atoms with Crippen molar-refractivity contribution in [3.05, 3.63) is 70.2 Å². The van der Waals surface area contributed by atoms with Gasteiger partial charge in [0.1, 0.15) is 5.84 Å². The molecule has 0 unspecified atom stereocenters. The van der Waals surface area contributed by atoms with Crippen LogP contribution in [0.1, 0.15) is 52.0 Å². The van der Waals surface area contributed by atoms with E-state index in [9.17, 15) is 9.59 Å². The van der Waals surface area contributed by atoms with E-state index in [0.29, 0.717) is 16.4 Å². The minimum atomic E-state index is -0.616. The molecule has 0 bridgehead atoms. The number of benzene rings is 2. The molecule has 1 N–H and O–H groups in total. The molecule has 0 atom stereocenters. The number of hydrogen-bond donors (Lipinski definition) is 1. The highest BCUT2D eigenvalue weighted by Gasteiger charge is 2.20. The van der Waals surface area contributed by atoms with Crippen molar-refractivity contribution in [2.45, 2.75) is 25.7 Å². The highest BCUT2D eigenvalue weighted by molar-refractivity contribution is 6.30. The molecule has 2 aromatic rings. The van der Waals surface area contributed by atoms with Crippen LogP contribution in [-0.4, -0.2) is 24.1 Å². The van der Waals surface area contributed by atoms with Gasteiger partial charge in [-0.15, -0.1) is 0 Å². The normalized spacial score (nSPS) is 14.1. The van der Waals surface area contributed by atoms with Crippen LogP contribution in [0.5, 0.6) is 0 Å². The van der Waals surface area contributed by atoms with E-state index >= 15 is 0 Å². The van der Waals surface area contributed by atoms with Crippen LogP contribution in [0.3, 0.4) is 0 Å². The molecule has 134 valence electrons. The number of carbonyl (C=O) groups excluding carboxylic acids is 2. The number of ketones is 1. The van der Waals surface area contributed by atoms with Crippen molar-refractivity contribution in [3.8, 4) is 0 Å². The molecule has 0 radical (unpaired) electrons. The first-order valence-electron chi connectivity index (χ1n) is 8.55. The molecular formula is C20H19ClN2O3. The number of carbonyl (C=O) groups is 2. The highest BCUT2D eigenvalue weighted by Crippen LogP contribution is 2.18. The largest absolute Gasteiger partial charge is 0.363 e. The number of nitrogens with zero attached hydrogens (tertiary/aromatic N) is 1. The van der Waals surface area contributed by atoms with Gasteiger partial charge in [-0.1, -0.05) is 36.2 Å². The Bertz CT molecular complexity index is 831. The van der Waals surface area contributed by atoms with Gasteiger partial charge in [0.15, 0.2) is 5.78 Å². The number of nitrogens with one attached hydrogen (secondary N) is 1. The molecule has 1 aliphatic rings. The van der Waals surface area contributed by atoms with E-state index in [1.807, 2.05) is 0 Å². The molecule has 0 amide bonds. The quantitative estimate of drug-likeness (QED) is 0.649. The van der Waals surface area contributed by atoms with E-state index in [2.05, 4.69) is 10.5 Å². The second-order valence-corrected chi connectivity index (χ2v) is 6.45. The molecule has 0 saturated carbocycles. The molecule has 2 aromatic carbocycles. The number of hydrogen-bond acceptors (Lipinski definition) is 5. The second kappa shape index (κ2) is 8.63. The summed E-state index contributed by atoms with van der Waals surface area (Å²) in [6.07, 6.45) is 3.91. The number of hydroxylamine groups is 1. The van der Waals surface area contributed by atoms with E-state index in [1.54, 1.807) is 48.5 Å². The number of aliphatic imine (C=N–C) groups is 1. The standard InChI is InChI=1S/C20H19ClN2O3/c21-15-11-9-14(10-12-15)19(24)16-6-3-4-7-17(16)20(25)26-23-18-8-2-1-5-13-22-18/h3-4,6-7,9-12H,1-2,5,8,13H2,(H,22,23). The summed E-state index contributed by atoms with van der Waals surface area (Å²) in [6, 6.07) is 13.1. The number of rotatable bonds is 3. The van der Waals surface area contributed by atoms with Crippen LogP contribution < -0.4 is 5.48 Å². The first kappa shape index (κ1) is 18.1. The fraction of sp³-hybridized carbons (Fsp3) is 0.250. The third-order valence-electron chi connectivity index (χ3n) is 4.13.